The van der Waals surface area contributed by atoms with Crippen molar-refractivity contribution in [1.82, 2.24) is 4.90 Å². The number of ether oxygens (including phenoxy) is 3. The van der Waals surface area contributed by atoms with Gasteiger partial charge < -0.3 is 23.5 Å². The molecule has 0 spiro atoms. The lowest BCUT2D eigenvalue weighted by Gasteiger charge is -2.26. The van der Waals surface area contributed by atoms with Gasteiger partial charge in [0.05, 0.1) is 40.1 Å². The highest BCUT2D eigenvalue weighted by atomic mass is 16.5. The van der Waals surface area contributed by atoms with Gasteiger partial charge in [0.2, 0.25) is 5.91 Å². The summed E-state index contributed by atoms with van der Waals surface area (Å²) >= 11 is 0. The van der Waals surface area contributed by atoms with E-state index < -0.39 is 0 Å². The van der Waals surface area contributed by atoms with Crippen LogP contribution < -0.4 is 14.2 Å². The summed E-state index contributed by atoms with van der Waals surface area (Å²) in [6.45, 7) is 0.738. The van der Waals surface area contributed by atoms with Gasteiger partial charge in [-0.05, 0) is 37.1 Å². The van der Waals surface area contributed by atoms with E-state index in [4.69, 9.17) is 18.6 Å². The highest BCUT2D eigenvalue weighted by Gasteiger charge is 2.32. The molecule has 3 aromatic rings. The molecule has 6 heteroatoms. The Bertz CT molecular complexity index is 1030. The van der Waals surface area contributed by atoms with Crippen LogP contribution in [0.5, 0.6) is 17.2 Å². The third-order valence-corrected chi connectivity index (χ3v) is 5.58. The molecular weight excluding hydrogens is 370 g/mol. The van der Waals surface area contributed by atoms with E-state index in [9.17, 15) is 4.79 Å². The van der Waals surface area contributed by atoms with E-state index in [-0.39, 0.29) is 11.9 Å². The van der Waals surface area contributed by atoms with Crippen molar-refractivity contribution >= 4 is 16.9 Å². The Morgan fingerprint density at radius 3 is 2.59 bits per heavy atom. The third kappa shape index (κ3) is 3.62. The molecule has 2 heterocycles. The second-order valence-electron chi connectivity index (χ2n) is 7.15. The van der Waals surface area contributed by atoms with Crippen molar-refractivity contribution in [2.45, 2.75) is 25.3 Å². The van der Waals surface area contributed by atoms with Crippen molar-refractivity contribution in [3.63, 3.8) is 0 Å². The molecule has 1 aromatic heterocycles. The van der Waals surface area contributed by atoms with Gasteiger partial charge in [-0.15, -0.1) is 0 Å². The maximum atomic E-state index is 13.2. The van der Waals surface area contributed by atoms with Crippen LogP contribution >= 0.6 is 0 Å². The highest BCUT2D eigenvalue weighted by molar-refractivity contribution is 5.88. The first-order valence-electron chi connectivity index (χ1n) is 9.70. The Morgan fingerprint density at radius 2 is 1.83 bits per heavy atom. The summed E-state index contributed by atoms with van der Waals surface area (Å²) in [6, 6.07) is 11.4. The zero-order valence-electron chi connectivity index (χ0n) is 16.9. The molecule has 1 atom stereocenters. The number of hydrogen-bond acceptors (Lipinski definition) is 5. The number of carbonyl (C=O) groups is 1. The topological polar surface area (TPSA) is 61.1 Å². The van der Waals surface area contributed by atoms with E-state index in [1.807, 2.05) is 41.3 Å². The Kier molecular flexibility index (Phi) is 5.34. The standard InChI is InChI=1S/C23H25NO5/c1-26-16-7-9-19(21(12-16)28-3)20-5-4-10-24(20)23(25)11-15-14-29-22-13-17(27-2)6-8-18(15)22/h6-9,12-14,20H,4-5,10-11H2,1-3H3/t20-/m1/s1. The van der Waals surface area contributed by atoms with E-state index in [2.05, 4.69) is 0 Å². The molecule has 2 aromatic carbocycles. The lowest BCUT2D eigenvalue weighted by atomic mass is 10.0. The predicted molar refractivity (Wildman–Crippen MR) is 110 cm³/mol. The molecule has 0 bridgehead atoms. The number of methoxy groups -OCH3 is 3. The molecule has 1 aliphatic heterocycles. The van der Waals surface area contributed by atoms with Crippen LogP contribution in [0, 0.1) is 0 Å². The fraction of sp³-hybridized carbons (Fsp3) is 0.348. The predicted octanol–water partition coefficient (Wildman–Crippen LogP) is 4.36. The SMILES string of the molecule is COc1ccc([C@H]2CCCN2C(=O)Cc2coc3cc(OC)ccc23)c(OC)c1. The molecule has 29 heavy (non-hydrogen) atoms. The maximum absolute atomic E-state index is 13.2. The number of amides is 1. The molecule has 6 nitrogen and oxygen atoms in total. The zero-order valence-corrected chi connectivity index (χ0v) is 16.9. The maximum Gasteiger partial charge on any atom is 0.227 e. The minimum Gasteiger partial charge on any atom is -0.497 e. The van der Waals surface area contributed by atoms with Gasteiger partial charge in [-0.3, -0.25) is 4.79 Å². The van der Waals surface area contributed by atoms with Crippen molar-refractivity contribution < 1.29 is 23.4 Å². The lowest BCUT2D eigenvalue weighted by Crippen LogP contribution is -2.32. The van der Waals surface area contributed by atoms with Crippen molar-refractivity contribution in [1.29, 1.82) is 0 Å². The van der Waals surface area contributed by atoms with Gasteiger partial charge in [-0.1, -0.05) is 0 Å². The number of carbonyl (C=O) groups excluding carboxylic acids is 1. The monoisotopic (exact) mass is 395 g/mol. The fourth-order valence-corrected chi connectivity index (χ4v) is 4.07. The molecule has 0 saturated carbocycles. The van der Waals surface area contributed by atoms with Crippen molar-refractivity contribution in [3.05, 3.63) is 53.8 Å². The van der Waals surface area contributed by atoms with E-state index >= 15 is 0 Å². The Balaban J connectivity index is 1.57. The molecule has 1 aliphatic rings. The van der Waals surface area contributed by atoms with Crippen LogP contribution in [0.15, 0.2) is 47.1 Å². The molecule has 4 rings (SSSR count). The van der Waals surface area contributed by atoms with Gasteiger partial charge in [0.25, 0.3) is 0 Å². The van der Waals surface area contributed by atoms with Gasteiger partial charge >= 0.3 is 0 Å². The fourth-order valence-electron chi connectivity index (χ4n) is 4.07. The van der Waals surface area contributed by atoms with Crippen LogP contribution in [0.25, 0.3) is 11.0 Å². The van der Waals surface area contributed by atoms with E-state index in [1.54, 1.807) is 27.6 Å². The van der Waals surface area contributed by atoms with Crippen LogP contribution in [0.2, 0.25) is 0 Å². The number of rotatable bonds is 6. The highest BCUT2D eigenvalue weighted by Crippen LogP contribution is 2.39. The van der Waals surface area contributed by atoms with Crippen molar-refractivity contribution in [3.8, 4) is 17.2 Å². The van der Waals surface area contributed by atoms with Gasteiger partial charge in [0, 0.05) is 35.2 Å². The van der Waals surface area contributed by atoms with Crippen LogP contribution in [0.4, 0.5) is 0 Å². The van der Waals surface area contributed by atoms with Crippen LogP contribution in [0.1, 0.15) is 30.0 Å². The molecule has 0 unspecified atom stereocenters. The number of benzene rings is 2. The Morgan fingerprint density at radius 1 is 1.07 bits per heavy atom. The first-order valence-corrected chi connectivity index (χ1v) is 9.70. The average molecular weight is 395 g/mol. The van der Waals surface area contributed by atoms with Gasteiger partial charge in [-0.25, -0.2) is 0 Å². The minimum atomic E-state index is 0.00150. The summed E-state index contributed by atoms with van der Waals surface area (Å²) in [4.78, 5) is 15.1. The molecule has 1 fully saturated rings. The van der Waals surface area contributed by atoms with Crippen LogP contribution in [0.3, 0.4) is 0 Å². The smallest absolute Gasteiger partial charge is 0.227 e. The summed E-state index contributed by atoms with van der Waals surface area (Å²) < 4.78 is 21.7. The van der Waals surface area contributed by atoms with Crippen LogP contribution in [-0.4, -0.2) is 38.7 Å². The first-order chi connectivity index (χ1) is 14.1. The second-order valence-corrected chi connectivity index (χ2v) is 7.15. The molecule has 0 radical (unpaired) electrons. The Hall–Kier alpha value is -3.15. The normalized spacial score (nSPS) is 16.2. The number of furan rings is 1. The summed E-state index contributed by atoms with van der Waals surface area (Å²) in [5.41, 5.74) is 2.63. The number of likely N-dealkylation sites (tertiary alicyclic amines) is 1. The summed E-state index contributed by atoms with van der Waals surface area (Å²) in [5, 5.41) is 0.942. The van der Waals surface area contributed by atoms with E-state index in [1.165, 1.54) is 0 Å². The Labute approximate surface area is 170 Å². The summed E-state index contributed by atoms with van der Waals surface area (Å²) in [7, 11) is 4.89. The number of nitrogens with zero attached hydrogens (tertiary/aromatic N) is 1. The second kappa shape index (κ2) is 8.07. The van der Waals surface area contributed by atoms with E-state index in [0.717, 1.165) is 58.7 Å². The van der Waals surface area contributed by atoms with Gasteiger partial charge in [-0.2, -0.15) is 0 Å². The quantitative estimate of drug-likeness (QED) is 0.620. The first kappa shape index (κ1) is 19.2. The molecule has 0 N–H and O–H groups in total. The zero-order chi connectivity index (χ0) is 20.4. The third-order valence-electron chi connectivity index (χ3n) is 5.58. The summed E-state index contributed by atoms with van der Waals surface area (Å²) in [6.07, 6.45) is 3.85. The molecule has 1 amide bonds. The average Bonchev–Trinajstić information content (AvgIpc) is 3.40. The largest absolute Gasteiger partial charge is 0.497 e. The molecule has 152 valence electrons. The van der Waals surface area contributed by atoms with Crippen molar-refractivity contribution in [2.75, 3.05) is 27.9 Å². The van der Waals surface area contributed by atoms with Crippen LogP contribution in [-0.2, 0) is 11.2 Å². The molecular formula is C23H25NO5. The lowest BCUT2D eigenvalue weighted by molar-refractivity contribution is -0.131. The molecule has 1 saturated heterocycles. The molecule has 0 aliphatic carbocycles. The minimum absolute atomic E-state index is 0.00150. The van der Waals surface area contributed by atoms with Gasteiger partial charge in [0.15, 0.2) is 0 Å². The number of hydrogen-bond donors (Lipinski definition) is 0. The van der Waals surface area contributed by atoms with E-state index in [0.29, 0.717) is 6.42 Å². The van der Waals surface area contributed by atoms with Crippen molar-refractivity contribution in [2.24, 2.45) is 0 Å². The number of fused-ring (bicyclic) bond motifs is 1. The summed E-state index contributed by atoms with van der Waals surface area (Å²) in [5.74, 6) is 2.30. The van der Waals surface area contributed by atoms with Gasteiger partial charge in [0.1, 0.15) is 22.8 Å².